The molecule has 7 heteroatoms. The Kier molecular flexibility index (Phi) is 8.52. The molecule has 3 N–H and O–H groups in total. The number of nitrogens with two attached hydrogens (primary N) is 1. The maximum Gasteiger partial charge on any atom is 0.253 e. The Morgan fingerprint density at radius 1 is 1.36 bits per heavy atom. The number of nitrogens with zero attached hydrogens (tertiary/aromatic N) is 1. The number of hydrogen-bond donors (Lipinski definition) is 2. The minimum atomic E-state index is -0.128. The van der Waals surface area contributed by atoms with Crippen LogP contribution in [0, 0.1) is 0 Å². The second-order valence-electron chi connectivity index (χ2n) is 5.18. The lowest BCUT2D eigenvalue weighted by atomic mass is 10.1. The third-order valence-corrected chi connectivity index (χ3v) is 2.96. The number of rotatable bonds is 6. The van der Waals surface area contributed by atoms with Gasteiger partial charge in [-0.2, -0.15) is 0 Å². The van der Waals surface area contributed by atoms with Gasteiger partial charge in [0.25, 0.3) is 5.91 Å². The van der Waals surface area contributed by atoms with Crippen LogP contribution in [0.5, 0.6) is 5.75 Å². The zero-order valence-electron chi connectivity index (χ0n) is 13.4. The first-order valence-electron chi connectivity index (χ1n) is 6.80. The van der Waals surface area contributed by atoms with E-state index in [-0.39, 0.29) is 30.3 Å². The van der Waals surface area contributed by atoms with Crippen molar-refractivity contribution < 1.29 is 14.3 Å². The van der Waals surface area contributed by atoms with Crippen molar-refractivity contribution in [3.63, 3.8) is 0 Å². The molecule has 6 nitrogen and oxygen atoms in total. The second kappa shape index (κ2) is 9.27. The average molecular weight is 330 g/mol. The quantitative estimate of drug-likeness (QED) is 0.834. The molecular formula is C15H24ClN3O3. The van der Waals surface area contributed by atoms with Crippen molar-refractivity contribution in [3.8, 4) is 5.75 Å². The van der Waals surface area contributed by atoms with Gasteiger partial charge in [-0.05, 0) is 31.5 Å². The first kappa shape index (κ1) is 20.2. The highest BCUT2D eigenvalue weighted by Gasteiger charge is 2.13. The first-order valence-corrected chi connectivity index (χ1v) is 6.80. The molecule has 0 saturated heterocycles. The number of halogens is 1. The Morgan fingerprint density at radius 3 is 2.50 bits per heavy atom. The second-order valence-corrected chi connectivity index (χ2v) is 5.18. The Bertz CT molecular complexity index is 519. The van der Waals surface area contributed by atoms with Crippen LogP contribution in [0.4, 0.5) is 5.69 Å². The van der Waals surface area contributed by atoms with Gasteiger partial charge in [0.15, 0.2) is 0 Å². The molecule has 0 aliphatic carbocycles. The number of methoxy groups -OCH3 is 1. The molecule has 0 fully saturated rings. The Hall–Kier alpha value is -1.79. The molecule has 0 heterocycles. The van der Waals surface area contributed by atoms with E-state index in [9.17, 15) is 9.59 Å². The molecule has 1 unspecified atom stereocenters. The van der Waals surface area contributed by atoms with Crippen molar-refractivity contribution in [3.05, 3.63) is 23.8 Å². The summed E-state index contributed by atoms with van der Waals surface area (Å²) in [5, 5.41) is 2.77. The van der Waals surface area contributed by atoms with Crippen LogP contribution in [0.2, 0.25) is 0 Å². The van der Waals surface area contributed by atoms with Crippen LogP contribution < -0.4 is 15.8 Å². The Morgan fingerprint density at radius 2 is 2.00 bits per heavy atom. The highest BCUT2D eigenvalue weighted by Crippen LogP contribution is 2.26. The fourth-order valence-corrected chi connectivity index (χ4v) is 1.76. The minimum Gasteiger partial charge on any atom is -0.495 e. The minimum absolute atomic E-state index is 0. The number of carbonyl (C=O) groups excluding carboxylic acids is 2. The molecule has 22 heavy (non-hydrogen) atoms. The zero-order chi connectivity index (χ0) is 16.0. The van der Waals surface area contributed by atoms with E-state index >= 15 is 0 Å². The summed E-state index contributed by atoms with van der Waals surface area (Å²) in [6, 6.07) is 4.92. The number of anilines is 1. The third kappa shape index (κ3) is 5.91. The van der Waals surface area contributed by atoms with E-state index < -0.39 is 0 Å². The standard InChI is InChI=1S/C15H23N3O3.ClH/c1-10(16)5-8-14(19)17-12-7-6-11(9-13(12)21-4)15(20)18(2)3;/h6-7,9-10H,5,8,16H2,1-4H3,(H,17,19);1H. The van der Waals surface area contributed by atoms with Gasteiger partial charge in [-0.15, -0.1) is 12.4 Å². The van der Waals surface area contributed by atoms with E-state index in [1.165, 1.54) is 12.0 Å². The third-order valence-electron chi connectivity index (χ3n) is 2.96. The molecule has 0 aliphatic heterocycles. The molecule has 0 radical (unpaired) electrons. The summed E-state index contributed by atoms with van der Waals surface area (Å²) in [5.41, 5.74) is 6.67. The van der Waals surface area contributed by atoms with E-state index in [1.54, 1.807) is 32.3 Å². The molecule has 2 amide bonds. The SMILES string of the molecule is COc1cc(C(=O)N(C)C)ccc1NC(=O)CCC(C)N.Cl. The highest BCUT2D eigenvalue weighted by atomic mass is 35.5. The number of amides is 2. The van der Waals surface area contributed by atoms with Gasteiger partial charge in [-0.1, -0.05) is 0 Å². The molecule has 0 aromatic heterocycles. The largest absolute Gasteiger partial charge is 0.495 e. The van der Waals surface area contributed by atoms with Crippen LogP contribution in [0.15, 0.2) is 18.2 Å². The summed E-state index contributed by atoms with van der Waals surface area (Å²) < 4.78 is 5.23. The average Bonchev–Trinajstić information content (AvgIpc) is 2.44. The van der Waals surface area contributed by atoms with Gasteiger partial charge in [-0.25, -0.2) is 0 Å². The van der Waals surface area contributed by atoms with Crippen molar-refractivity contribution in [2.24, 2.45) is 5.73 Å². The lowest BCUT2D eigenvalue weighted by Gasteiger charge is -2.14. The van der Waals surface area contributed by atoms with Crippen LogP contribution in [0.1, 0.15) is 30.1 Å². The molecular weight excluding hydrogens is 306 g/mol. The van der Waals surface area contributed by atoms with Crippen LogP contribution in [0.25, 0.3) is 0 Å². The van der Waals surface area contributed by atoms with Gasteiger partial charge in [0.2, 0.25) is 5.91 Å². The number of ether oxygens (including phenoxy) is 1. The van der Waals surface area contributed by atoms with Gasteiger partial charge >= 0.3 is 0 Å². The lowest BCUT2D eigenvalue weighted by Crippen LogP contribution is -2.22. The lowest BCUT2D eigenvalue weighted by molar-refractivity contribution is -0.116. The molecule has 1 aromatic rings. The molecule has 0 bridgehead atoms. The van der Waals surface area contributed by atoms with Gasteiger partial charge in [-0.3, -0.25) is 9.59 Å². The molecule has 0 aliphatic rings. The Balaban J connectivity index is 0.00000441. The summed E-state index contributed by atoms with van der Waals surface area (Å²) in [7, 11) is 4.85. The molecule has 0 saturated carbocycles. The monoisotopic (exact) mass is 329 g/mol. The summed E-state index contributed by atoms with van der Waals surface area (Å²) in [6.45, 7) is 1.86. The number of nitrogens with one attached hydrogen (secondary N) is 1. The van der Waals surface area contributed by atoms with E-state index in [0.717, 1.165) is 0 Å². The van der Waals surface area contributed by atoms with Gasteiger partial charge in [0.05, 0.1) is 12.8 Å². The summed E-state index contributed by atoms with van der Waals surface area (Å²) in [4.78, 5) is 25.2. The summed E-state index contributed by atoms with van der Waals surface area (Å²) in [6.07, 6.45) is 0.963. The van der Waals surface area contributed by atoms with Crippen LogP contribution in [0.3, 0.4) is 0 Å². The summed E-state index contributed by atoms with van der Waals surface area (Å²) in [5.74, 6) is 0.206. The van der Waals surface area contributed by atoms with E-state index in [0.29, 0.717) is 29.8 Å². The van der Waals surface area contributed by atoms with Crippen molar-refractivity contribution in [1.82, 2.24) is 4.90 Å². The summed E-state index contributed by atoms with van der Waals surface area (Å²) >= 11 is 0. The predicted molar refractivity (Wildman–Crippen MR) is 89.8 cm³/mol. The number of hydrogen-bond acceptors (Lipinski definition) is 4. The van der Waals surface area contributed by atoms with E-state index in [4.69, 9.17) is 10.5 Å². The maximum absolute atomic E-state index is 11.9. The van der Waals surface area contributed by atoms with E-state index in [1.807, 2.05) is 6.92 Å². The molecule has 1 rings (SSSR count). The highest BCUT2D eigenvalue weighted by molar-refractivity contribution is 5.97. The van der Waals surface area contributed by atoms with Crippen molar-refractivity contribution >= 4 is 29.9 Å². The molecule has 1 atom stereocenters. The topological polar surface area (TPSA) is 84.7 Å². The van der Waals surface area contributed by atoms with Crippen molar-refractivity contribution in [1.29, 1.82) is 0 Å². The molecule has 1 aromatic carbocycles. The number of carbonyl (C=O) groups is 2. The maximum atomic E-state index is 11.9. The van der Waals surface area contributed by atoms with Crippen molar-refractivity contribution in [2.45, 2.75) is 25.8 Å². The fraction of sp³-hybridized carbons (Fsp3) is 0.467. The van der Waals surface area contributed by atoms with Gasteiger partial charge < -0.3 is 20.7 Å². The van der Waals surface area contributed by atoms with Gasteiger partial charge in [0, 0.05) is 32.1 Å². The normalized spacial score (nSPS) is 11.1. The smallest absolute Gasteiger partial charge is 0.253 e. The van der Waals surface area contributed by atoms with Gasteiger partial charge in [0.1, 0.15) is 5.75 Å². The predicted octanol–water partition coefficient (Wildman–Crippen LogP) is 1.88. The Labute approximate surface area is 137 Å². The molecule has 124 valence electrons. The fourth-order valence-electron chi connectivity index (χ4n) is 1.76. The first-order chi connectivity index (χ1) is 9.85. The number of benzene rings is 1. The molecule has 0 spiro atoms. The van der Waals surface area contributed by atoms with Crippen LogP contribution in [-0.4, -0.2) is 44.0 Å². The van der Waals surface area contributed by atoms with Crippen LogP contribution >= 0.6 is 12.4 Å². The zero-order valence-corrected chi connectivity index (χ0v) is 14.2. The van der Waals surface area contributed by atoms with E-state index in [2.05, 4.69) is 5.32 Å². The van der Waals surface area contributed by atoms with Crippen LogP contribution in [-0.2, 0) is 4.79 Å². The van der Waals surface area contributed by atoms with Crippen molar-refractivity contribution in [2.75, 3.05) is 26.5 Å².